The highest BCUT2D eigenvalue weighted by atomic mass is 35.5. The van der Waals surface area contributed by atoms with Crippen LogP contribution in [0.25, 0.3) is 22.2 Å². The molecule has 0 radical (unpaired) electrons. The van der Waals surface area contributed by atoms with E-state index in [-0.39, 0.29) is 22.1 Å². The Bertz CT molecular complexity index is 892. The molecule has 2 aromatic heterocycles. The van der Waals surface area contributed by atoms with Gasteiger partial charge >= 0.3 is 5.97 Å². The summed E-state index contributed by atoms with van der Waals surface area (Å²) in [5.41, 5.74) is 6.39. The van der Waals surface area contributed by atoms with Gasteiger partial charge < -0.3 is 15.5 Å². The zero-order chi connectivity index (χ0) is 15.9. The van der Waals surface area contributed by atoms with Gasteiger partial charge in [0.2, 0.25) is 0 Å². The topological polar surface area (TPSA) is 81.0 Å². The predicted octanol–water partition coefficient (Wildman–Crippen LogP) is 3.39. The van der Waals surface area contributed by atoms with E-state index in [1.807, 2.05) is 6.07 Å². The summed E-state index contributed by atoms with van der Waals surface area (Å²) in [5.74, 6) is -1.55. The molecule has 3 aromatic rings. The van der Waals surface area contributed by atoms with Crippen LogP contribution in [0.15, 0.2) is 30.5 Å². The molecule has 0 atom stereocenters. The molecular formula is C15H11ClFN3O2. The van der Waals surface area contributed by atoms with Crippen LogP contribution >= 0.6 is 11.6 Å². The number of rotatable bonds is 2. The highest BCUT2D eigenvalue weighted by Gasteiger charge is 2.23. The molecule has 0 unspecified atom stereocenters. The first-order chi connectivity index (χ1) is 10.5. The number of carbonyl (C=O) groups excluding carboxylic acids is 1. The Balaban J connectivity index is 2.33. The number of nitrogens with two attached hydrogens (primary N) is 1. The van der Waals surface area contributed by atoms with Crippen molar-refractivity contribution in [1.82, 2.24) is 9.97 Å². The van der Waals surface area contributed by atoms with E-state index in [1.165, 1.54) is 7.11 Å². The number of hydrogen-bond acceptors (Lipinski definition) is 4. The summed E-state index contributed by atoms with van der Waals surface area (Å²) in [7, 11) is 1.19. The van der Waals surface area contributed by atoms with Gasteiger partial charge in [0, 0.05) is 22.7 Å². The molecule has 1 aromatic carbocycles. The second-order valence-electron chi connectivity index (χ2n) is 4.59. The zero-order valence-electron chi connectivity index (χ0n) is 11.5. The van der Waals surface area contributed by atoms with Crippen molar-refractivity contribution in [3.63, 3.8) is 0 Å². The molecule has 112 valence electrons. The molecule has 22 heavy (non-hydrogen) atoms. The number of pyridine rings is 1. The lowest BCUT2D eigenvalue weighted by molar-refractivity contribution is 0.0594. The van der Waals surface area contributed by atoms with E-state index in [2.05, 4.69) is 14.7 Å². The molecule has 7 heteroatoms. The van der Waals surface area contributed by atoms with Crippen LogP contribution in [0.3, 0.4) is 0 Å². The van der Waals surface area contributed by atoms with Gasteiger partial charge in [0.15, 0.2) is 11.5 Å². The molecule has 0 amide bonds. The molecule has 3 rings (SSSR count). The predicted molar refractivity (Wildman–Crippen MR) is 82.2 cm³/mol. The summed E-state index contributed by atoms with van der Waals surface area (Å²) in [6, 6.07) is 7.07. The van der Waals surface area contributed by atoms with Gasteiger partial charge in [-0.05, 0) is 12.1 Å². The number of esters is 1. The van der Waals surface area contributed by atoms with Crippen molar-refractivity contribution in [1.29, 1.82) is 0 Å². The van der Waals surface area contributed by atoms with Gasteiger partial charge in [0.25, 0.3) is 0 Å². The van der Waals surface area contributed by atoms with Crippen LogP contribution in [0.1, 0.15) is 10.5 Å². The molecule has 0 fully saturated rings. The standard InChI is InChI=1S/C15H11ClFN3O2/c1-22-15(21)14-10(16)12(18)11(17)13(20-14)8-3-2-4-9-7(8)5-6-19-9/h2-6,19H,1H3,(H2,18,20). The van der Waals surface area contributed by atoms with E-state index in [1.54, 1.807) is 24.4 Å². The molecule has 5 nitrogen and oxygen atoms in total. The Hall–Kier alpha value is -2.60. The van der Waals surface area contributed by atoms with Crippen molar-refractivity contribution < 1.29 is 13.9 Å². The number of nitrogens with one attached hydrogen (secondary N) is 1. The van der Waals surface area contributed by atoms with Crippen LogP contribution in [0.5, 0.6) is 0 Å². The van der Waals surface area contributed by atoms with Gasteiger partial charge in [-0.25, -0.2) is 14.2 Å². The van der Waals surface area contributed by atoms with E-state index < -0.39 is 11.8 Å². The number of benzene rings is 1. The summed E-state index contributed by atoms with van der Waals surface area (Å²) < 4.78 is 19.1. The molecule has 0 spiro atoms. The fourth-order valence-electron chi connectivity index (χ4n) is 2.26. The Kier molecular flexibility index (Phi) is 3.46. The van der Waals surface area contributed by atoms with Gasteiger partial charge in [0.05, 0.1) is 17.8 Å². The van der Waals surface area contributed by atoms with Crippen molar-refractivity contribution in [3.8, 4) is 11.3 Å². The Labute approximate surface area is 129 Å². The molecule has 3 N–H and O–H groups in total. The van der Waals surface area contributed by atoms with Gasteiger partial charge in [-0.3, -0.25) is 0 Å². The number of nitrogen functional groups attached to an aromatic ring is 1. The van der Waals surface area contributed by atoms with E-state index >= 15 is 0 Å². The summed E-state index contributed by atoms with van der Waals surface area (Å²) in [6.07, 6.45) is 1.73. The molecule has 0 aliphatic carbocycles. The van der Waals surface area contributed by atoms with Crippen molar-refractivity contribution >= 4 is 34.2 Å². The SMILES string of the molecule is COC(=O)c1nc(-c2cccc3[nH]ccc23)c(F)c(N)c1Cl. The number of methoxy groups -OCH3 is 1. The molecular weight excluding hydrogens is 309 g/mol. The fourth-order valence-corrected chi connectivity index (χ4v) is 2.47. The van der Waals surface area contributed by atoms with Crippen molar-refractivity contribution in [2.24, 2.45) is 0 Å². The molecule has 0 aliphatic rings. The number of aromatic nitrogens is 2. The zero-order valence-corrected chi connectivity index (χ0v) is 12.2. The number of H-pyrrole nitrogens is 1. The van der Waals surface area contributed by atoms with E-state index in [0.29, 0.717) is 5.56 Å². The Morgan fingerprint density at radius 1 is 1.41 bits per heavy atom. The average Bonchev–Trinajstić information content (AvgIpc) is 3.01. The van der Waals surface area contributed by atoms with Crippen LogP contribution in [0.2, 0.25) is 5.02 Å². The second-order valence-corrected chi connectivity index (χ2v) is 4.96. The molecule has 0 saturated heterocycles. The maximum atomic E-state index is 14.5. The number of fused-ring (bicyclic) bond motifs is 1. The number of nitrogens with zero attached hydrogens (tertiary/aromatic N) is 1. The lowest BCUT2D eigenvalue weighted by Gasteiger charge is -2.11. The van der Waals surface area contributed by atoms with Gasteiger partial charge in [-0.1, -0.05) is 23.7 Å². The number of aromatic amines is 1. The van der Waals surface area contributed by atoms with Crippen LogP contribution in [-0.4, -0.2) is 23.0 Å². The first-order valence-corrected chi connectivity index (χ1v) is 6.71. The lowest BCUT2D eigenvalue weighted by atomic mass is 10.0. The summed E-state index contributed by atoms with van der Waals surface area (Å²) >= 11 is 5.89. The van der Waals surface area contributed by atoms with E-state index in [0.717, 1.165) is 10.9 Å². The summed E-state index contributed by atoms with van der Waals surface area (Å²) in [5, 5.41) is 0.501. The van der Waals surface area contributed by atoms with Crippen LogP contribution in [0.4, 0.5) is 10.1 Å². The molecule has 2 heterocycles. The van der Waals surface area contributed by atoms with Crippen LogP contribution in [0, 0.1) is 5.82 Å². The smallest absolute Gasteiger partial charge is 0.358 e. The molecule has 0 aliphatic heterocycles. The van der Waals surface area contributed by atoms with Crippen molar-refractivity contribution in [3.05, 3.63) is 47.0 Å². The van der Waals surface area contributed by atoms with E-state index in [9.17, 15) is 9.18 Å². The minimum Gasteiger partial charge on any atom is -0.464 e. The lowest BCUT2D eigenvalue weighted by Crippen LogP contribution is -2.10. The quantitative estimate of drug-likeness (QED) is 0.709. The van der Waals surface area contributed by atoms with Crippen LogP contribution in [-0.2, 0) is 4.74 Å². The highest BCUT2D eigenvalue weighted by Crippen LogP contribution is 2.35. The monoisotopic (exact) mass is 319 g/mol. The Morgan fingerprint density at radius 3 is 2.91 bits per heavy atom. The average molecular weight is 320 g/mol. The number of ether oxygens (including phenoxy) is 1. The second kappa shape index (κ2) is 5.31. The third-order valence-corrected chi connectivity index (χ3v) is 3.72. The maximum absolute atomic E-state index is 14.5. The largest absolute Gasteiger partial charge is 0.464 e. The number of carbonyl (C=O) groups is 1. The first-order valence-electron chi connectivity index (χ1n) is 6.34. The number of halogens is 2. The normalized spacial score (nSPS) is 10.9. The maximum Gasteiger partial charge on any atom is 0.358 e. The first kappa shape index (κ1) is 14.3. The fraction of sp³-hybridized carbons (Fsp3) is 0.0667. The third-order valence-electron chi connectivity index (χ3n) is 3.34. The summed E-state index contributed by atoms with van der Waals surface area (Å²) in [6.45, 7) is 0. The van der Waals surface area contributed by atoms with E-state index in [4.69, 9.17) is 17.3 Å². The molecule has 0 bridgehead atoms. The highest BCUT2D eigenvalue weighted by molar-refractivity contribution is 6.35. The van der Waals surface area contributed by atoms with Gasteiger partial charge in [-0.15, -0.1) is 0 Å². The molecule has 0 saturated carbocycles. The minimum atomic E-state index is -0.779. The Morgan fingerprint density at radius 2 is 2.18 bits per heavy atom. The number of anilines is 1. The van der Waals surface area contributed by atoms with Crippen molar-refractivity contribution in [2.45, 2.75) is 0 Å². The van der Waals surface area contributed by atoms with Gasteiger partial charge in [-0.2, -0.15) is 0 Å². The summed E-state index contributed by atoms with van der Waals surface area (Å²) in [4.78, 5) is 18.8. The number of hydrogen-bond donors (Lipinski definition) is 2. The minimum absolute atomic E-state index is 0.0486. The van der Waals surface area contributed by atoms with Gasteiger partial charge in [0.1, 0.15) is 5.69 Å². The van der Waals surface area contributed by atoms with Crippen LogP contribution < -0.4 is 5.73 Å². The van der Waals surface area contributed by atoms with Crippen molar-refractivity contribution in [2.75, 3.05) is 12.8 Å². The third kappa shape index (κ3) is 2.08.